The third-order valence-corrected chi connectivity index (χ3v) is 1.73. The summed E-state index contributed by atoms with van der Waals surface area (Å²) in [6.45, 7) is 1.85. The molecule has 13 heavy (non-hydrogen) atoms. The lowest BCUT2D eigenvalue weighted by atomic mass is 10.0. The van der Waals surface area contributed by atoms with Gasteiger partial charge in [0.2, 0.25) is 0 Å². The minimum atomic E-state index is -0.384. The molecule has 0 fully saturated rings. The molecule has 0 saturated carbocycles. The van der Waals surface area contributed by atoms with Crippen LogP contribution in [0.5, 0.6) is 0 Å². The Morgan fingerprint density at radius 3 is 2.85 bits per heavy atom. The highest BCUT2D eigenvalue weighted by molar-refractivity contribution is 5.38. The second-order valence-corrected chi connectivity index (χ2v) is 3.09. The molecule has 3 heteroatoms. The maximum Gasteiger partial charge on any atom is 0.124 e. The van der Waals surface area contributed by atoms with E-state index >= 15 is 0 Å². The van der Waals surface area contributed by atoms with Crippen LogP contribution in [0.4, 0.5) is 4.39 Å². The van der Waals surface area contributed by atoms with Gasteiger partial charge in [0.25, 0.3) is 0 Å². The fourth-order valence-corrected chi connectivity index (χ4v) is 1.18. The van der Waals surface area contributed by atoms with Crippen molar-refractivity contribution in [3.63, 3.8) is 0 Å². The lowest BCUT2D eigenvalue weighted by molar-refractivity contribution is 0.625. The van der Waals surface area contributed by atoms with E-state index in [1.54, 1.807) is 6.07 Å². The molecule has 68 valence electrons. The topological polar surface area (TPSA) is 49.8 Å². The number of halogens is 1. The van der Waals surface area contributed by atoms with Gasteiger partial charge in [0.1, 0.15) is 5.82 Å². The van der Waals surface area contributed by atoms with E-state index in [0.29, 0.717) is 12.0 Å². The first-order valence-electron chi connectivity index (χ1n) is 4.07. The van der Waals surface area contributed by atoms with Crippen molar-refractivity contribution in [2.24, 2.45) is 5.73 Å². The van der Waals surface area contributed by atoms with Crippen molar-refractivity contribution in [2.75, 3.05) is 0 Å². The molecule has 1 unspecified atom stereocenters. The number of nitrogens with zero attached hydrogens (tertiary/aromatic N) is 1. The fourth-order valence-electron chi connectivity index (χ4n) is 1.18. The van der Waals surface area contributed by atoms with Gasteiger partial charge < -0.3 is 5.73 Å². The Morgan fingerprint density at radius 1 is 1.62 bits per heavy atom. The highest BCUT2D eigenvalue weighted by Crippen LogP contribution is 2.11. The van der Waals surface area contributed by atoms with E-state index in [1.807, 2.05) is 13.0 Å². The molecule has 0 spiro atoms. The Kier molecular flexibility index (Phi) is 2.99. The average Bonchev–Trinajstić information content (AvgIpc) is 2.07. The first kappa shape index (κ1) is 9.69. The van der Waals surface area contributed by atoms with E-state index in [9.17, 15) is 4.39 Å². The highest BCUT2D eigenvalue weighted by Gasteiger charge is 2.05. The lowest BCUT2D eigenvalue weighted by Gasteiger charge is -2.06. The van der Waals surface area contributed by atoms with Crippen molar-refractivity contribution in [3.05, 3.63) is 35.1 Å². The zero-order chi connectivity index (χ0) is 9.84. The largest absolute Gasteiger partial charge is 0.328 e. The first-order chi connectivity index (χ1) is 6.13. The van der Waals surface area contributed by atoms with Crippen LogP contribution in [0.1, 0.15) is 18.1 Å². The minimum absolute atomic E-state index is 0.0161. The van der Waals surface area contributed by atoms with Crippen molar-refractivity contribution in [1.29, 1.82) is 5.26 Å². The molecular weight excluding hydrogens is 167 g/mol. The number of benzene rings is 1. The van der Waals surface area contributed by atoms with Crippen molar-refractivity contribution in [3.8, 4) is 6.07 Å². The number of hydrogen-bond acceptors (Lipinski definition) is 2. The summed E-state index contributed by atoms with van der Waals surface area (Å²) in [4.78, 5) is 0. The van der Waals surface area contributed by atoms with Gasteiger partial charge in [0.05, 0.1) is 11.6 Å². The van der Waals surface area contributed by atoms with Crippen molar-refractivity contribution in [2.45, 2.75) is 19.4 Å². The molecule has 1 aromatic rings. The Balaban J connectivity index is 3.01. The fraction of sp³-hybridized carbons (Fsp3) is 0.300. The van der Waals surface area contributed by atoms with Crippen LogP contribution in [0, 0.1) is 17.1 Å². The van der Waals surface area contributed by atoms with Crippen LogP contribution in [0.25, 0.3) is 0 Å². The van der Waals surface area contributed by atoms with Crippen LogP contribution in [-0.2, 0) is 6.42 Å². The van der Waals surface area contributed by atoms with Gasteiger partial charge >= 0.3 is 0 Å². The maximum atomic E-state index is 12.7. The van der Waals surface area contributed by atoms with Gasteiger partial charge in [-0.05, 0) is 31.0 Å². The van der Waals surface area contributed by atoms with Gasteiger partial charge in [-0.3, -0.25) is 0 Å². The molecular formula is C10H11FN2. The van der Waals surface area contributed by atoms with Gasteiger partial charge in [-0.15, -0.1) is 0 Å². The molecule has 0 aliphatic heterocycles. The third-order valence-electron chi connectivity index (χ3n) is 1.73. The monoisotopic (exact) mass is 178 g/mol. The summed E-state index contributed by atoms with van der Waals surface area (Å²) in [7, 11) is 0. The molecule has 0 bridgehead atoms. The summed E-state index contributed by atoms with van der Waals surface area (Å²) in [5.74, 6) is -0.384. The zero-order valence-corrected chi connectivity index (χ0v) is 7.42. The summed E-state index contributed by atoms with van der Waals surface area (Å²) in [5, 5.41) is 8.70. The Labute approximate surface area is 76.8 Å². The molecule has 2 N–H and O–H groups in total. The molecule has 2 nitrogen and oxygen atoms in total. The third kappa shape index (κ3) is 2.53. The smallest absolute Gasteiger partial charge is 0.124 e. The van der Waals surface area contributed by atoms with Gasteiger partial charge in [-0.25, -0.2) is 4.39 Å². The van der Waals surface area contributed by atoms with E-state index in [-0.39, 0.29) is 11.9 Å². The summed E-state index contributed by atoms with van der Waals surface area (Å²) < 4.78 is 12.7. The predicted octanol–water partition coefficient (Wildman–Crippen LogP) is 1.59. The van der Waals surface area contributed by atoms with Crippen molar-refractivity contribution in [1.82, 2.24) is 0 Å². The van der Waals surface area contributed by atoms with E-state index < -0.39 is 0 Å². The Bertz CT molecular complexity index is 339. The van der Waals surface area contributed by atoms with E-state index in [4.69, 9.17) is 11.0 Å². The van der Waals surface area contributed by atoms with Gasteiger partial charge in [-0.1, -0.05) is 6.07 Å². The normalized spacial score (nSPS) is 12.2. The first-order valence-corrected chi connectivity index (χ1v) is 4.07. The summed E-state index contributed by atoms with van der Waals surface area (Å²) in [5.41, 5.74) is 6.76. The van der Waals surface area contributed by atoms with Crippen LogP contribution < -0.4 is 5.73 Å². The maximum absolute atomic E-state index is 12.7. The number of hydrogen-bond donors (Lipinski definition) is 1. The predicted molar refractivity (Wildman–Crippen MR) is 48.5 cm³/mol. The molecule has 0 saturated heterocycles. The zero-order valence-electron chi connectivity index (χ0n) is 7.42. The molecule has 0 aliphatic carbocycles. The van der Waals surface area contributed by atoms with Crippen LogP contribution >= 0.6 is 0 Å². The lowest BCUT2D eigenvalue weighted by Crippen LogP contribution is -2.18. The molecule has 0 amide bonds. The summed E-state index contributed by atoms with van der Waals surface area (Å²) in [6.07, 6.45) is 0.600. The highest BCUT2D eigenvalue weighted by atomic mass is 19.1. The van der Waals surface area contributed by atoms with Crippen molar-refractivity contribution >= 4 is 0 Å². The van der Waals surface area contributed by atoms with Crippen LogP contribution in [0.15, 0.2) is 18.2 Å². The Hall–Kier alpha value is -1.40. The van der Waals surface area contributed by atoms with Crippen molar-refractivity contribution < 1.29 is 4.39 Å². The quantitative estimate of drug-likeness (QED) is 0.747. The van der Waals surface area contributed by atoms with Crippen LogP contribution in [0.3, 0.4) is 0 Å². The SMILES string of the molecule is CC(N)Cc1ccc(F)cc1C#N. The second kappa shape index (κ2) is 4.01. The van der Waals surface area contributed by atoms with E-state index in [2.05, 4.69) is 0 Å². The van der Waals surface area contributed by atoms with Crippen LogP contribution in [0.2, 0.25) is 0 Å². The molecule has 1 aromatic carbocycles. The van der Waals surface area contributed by atoms with Gasteiger partial charge in [-0.2, -0.15) is 5.26 Å². The number of nitriles is 1. The second-order valence-electron chi connectivity index (χ2n) is 3.09. The van der Waals surface area contributed by atoms with Gasteiger partial charge in [0, 0.05) is 6.04 Å². The molecule has 0 radical (unpaired) electrons. The molecule has 1 atom stereocenters. The number of rotatable bonds is 2. The molecule has 0 heterocycles. The minimum Gasteiger partial charge on any atom is -0.328 e. The van der Waals surface area contributed by atoms with E-state index in [1.165, 1.54) is 12.1 Å². The molecule has 0 aliphatic rings. The summed E-state index contributed by atoms with van der Waals surface area (Å²) >= 11 is 0. The molecule has 1 rings (SSSR count). The number of nitrogens with two attached hydrogens (primary N) is 1. The van der Waals surface area contributed by atoms with Gasteiger partial charge in [0.15, 0.2) is 0 Å². The Morgan fingerprint density at radius 2 is 2.31 bits per heavy atom. The standard InChI is InChI=1S/C10H11FN2/c1-7(13)4-8-2-3-10(11)5-9(8)6-12/h2-3,5,7H,4,13H2,1H3. The molecule has 0 aromatic heterocycles. The van der Waals surface area contributed by atoms with E-state index in [0.717, 1.165) is 5.56 Å². The average molecular weight is 178 g/mol. The summed E-state index contributed by atoms with van der Waals surface area (Å²) in [6, 6.07) is 6.12. The van der Waals surface area contributed by atoms with Crippen LogP contribution in [-0.4, -0.2) is 6.04 Å².